The SMILES string of the molecule is CNc1cc(F)c(F)c2c1[nH]c1ncc(-c3cnc4c(c3)c(=O)c(C(=O)O)cn4NC)c(N3CC4CCN(CCCO)[C@H]4C3)c12. The lowest BCUT2D eigenvalue weighted by Gasteiger charge is -2.27. The largest absolute Gasteiger partial charge is 0.477 e. The van der Waals surface area contributed by atoms with Crippen LogP contribution in [-0.2, 0) is 0 Å². The van der Waals surface area contributed by atoms with Gasteiger partial charge in [0.05, 0.1) is 33.1 Å². The number of carbonyl (C=O) groups is 1. The summed E-state index contributed by atoms with van der Waals surface area (Å²) in [5, 5.41) is 22.6. The van der Waals surface area contributed by atoms with E-state index in [4.69, 9.17) is 0 Å². The highest BCUT2D eigenvalue weighted by Crippen LogP contribution is 2.46. The summed E-state index contributed by atoms with van der Waals surface area (Å²) in [6.45, 7) is 3.07. The van der Waals surface area contributed by atoms with E-state index in [1.165, 1.54) is 10.9 Å². The summed E-state index contributed by atoms with van der Waals surface area (Å²) in [6.07, 6.45) is 6.01. The van der Waals surface area contributed by atoms with Gasteiger partial charge in [-0.1, -0.05) is 0 Å². The van der Waals surface area contributed by atoms with Crippen molar-refractivity contribution in [3.8, 4) is 11.1 Å². The van der Waals surface area contributed by atoms with Crippen molar-refractivity contribution in [3.63, 3.8) is 0 Å². The first-order valence-corrected chi connectivity index (χ1v) is 14.8. The average Bonchev–Trinajstić information content (AvgIpc) is 3.74. The van der Waals surface area contributed by atoms with Crippen molar-refractivity contribution in [2.75, 3.05) is 62.5 Å². The number of carboxylic acids is 1. The van der Waals surface area contributed by atoms with Gasteiger partial charge >= 0.3 is 5.97 Å². The monoisotopic (exact) mass is 618 g/mol. The van der Waals surface area contributed by atoms with Crippen molar-refractivity contribution in [1.82, 2.24) is 24.5 Å². The molecule has 1 unspecified atom stereocenters. The van der Waals surface area contributed by atoms with E-state index in [0.717, 1.165) is 25.6 Å². The third-order valence-electron chi connectivity index (χ3n) is 9.24. The number of pyridine rings is 3. The minimum atomic E-state index is -1.37. The van der Waals surface area contributed by atoms with Gasteiger partial charge in [0.25, 0.3) is 0 Å². The Morgan fingerprint density at radius 1 is 1.16 bits per heavy atom. The van der Waals surface area contributed by atoms with Crippen LogP contribution in [0.2, 0.25) is 0 Å². The van der Waals surface area contributed by atoms with Crippen LogP contribution in [0.25, 0.3) is 44.1 Å². The van der Waals surface area contributed by atoms with E-state index in [9.17, 15) is 24.2 Å². The maximum Gasteiger partial charge on any atom is 0.341 e. The van der Waals surface area contributed by atoms with Crippen LogP contribution in [0.15, 0.2) is 35.5 Å². The number of carboxylic acid groups (broad SMARTS) is 1. The minimum absolute atomic E-state index is 0.0624. The number of anilines is 2. The molecule has 5 N–H and O–H groups in total. The quantitative estimate of drug-likeness (QED) is 0.175. The highest BCUT2D eigenvalue weighted by atomic mass is 19.2. The maximum absolute atomic E-state index is 15.8. The Kier molecular flexibility index (Phi) is 7.05. The molecular formula is C31H32F2N8O4. The predicted octanol–water partition coefficient (Wildman–Crippen LogP) is 3.18. The van der Waals surface area contributed by atoms with E-state index in [1.807, 2.05) is 0 Å². The number of hydrogen-bond acceptors (Lipinski definition) is 9. The lowest BCUT2D eigenvalue weighted by Crippen LogP contribution is -2.36. The molecule has 2 aliphatic rings. The van der Waals surface area contributed by atoms with Gasteiger partial charge in [0.1, 0.15) is 11.2 Å². The number of nitrogens with one attached hydrogen (secondary N) is 3. The van der Waals surface area contributed by atoms with Gasteiger partial charge in [0, 0.05) is 82.2 Å². The van der Waals surface area contributed by atoms with E-state index >= 15 is 4.39 Å². The molecule has 0 bridgehead atoms. The molecule has 12 nitrogen and oxygen atoms in total. The van der Waals surface area contributed by atoms with Crippen LogP contribution < -0.4 is 21.1 Å². The van der Waals surface area contributed by atoms with Crippen LogP contribution in [-0.4, -0.2) is 93.6 Å². The van der Waals surface area contributed by atoms with Crippen molar-refractivity contribution in [3.05, 3.63) is 58.1 Å². The molecule has 14 heteroatoms. The summed E-state index contributed by atoms with van der Waals surface area (Å²) in [6, 6.07) is 2.89. The Hall–Kier alpha value is -4.82. The van der Waals surface area contributed by atoms with Crippen molar-refractivity contribution in [2.45, 2.75) is 18.9 Å². The van der Waals surface area contributed by atoms with Gasteiger partial charge in [0.15, 0.2) is 17.3 Å². The van der Waals surface area contributed by atoms with Gasteiger partial charge in [0.2, 0.25) is 5.43 Å². The molecule has 0 saturated carbocycles. The number of H-pyrrole nitrogens is 1. The van der Waals surface area contributed by atoms with Gasteiger partial charge in [-0.25, -0.2) is 28.2 Å². The molecule has 1 aromatic carbocycles. The maximum atomic E-state index is 15.8. The second-order valence-electron chi connectivity index (χ2n) is 11.6. The van der Waals surface area contributed by atoms with Crippen molar-refractivity contribution in [2.24, 2.45) is 5.92 Å². The van der Waals surface area contributed by atoms with Crippen LogP contribution in [0, 0.1) is 17.6 Å². The standard InChI is InChI=1S/C31H32F2N8O4/c1-34-21-9-20(32)25(33)23-24-27(40-12-15-4-6-39(5-3-7-42)22(15)14-40)18(11-36-29(24)38-26(21)23)16-8-17-28(43)19(31(44)45)13-41(35-2)30(17)37-10-16/h8-11,13,15,22,34-35,42H,3-7,12,14H2,1-2H3,(H,36,38)(H,44,45)/t15?,22-/m0/s1. The molecule has 7 rings (SSSR count). The highest BCUT2D eigenvalue weighted by Gasteiger charge is 2.42. The number of likely N-dealkylation sites (tertiary alicyclic amines) is 1. The van der Waals surface area contributed by atoms with Gasteiger partial charge in [-0.15, -0.1) is 0 Å². The number of aromatic nitrogens is 4. The number of rotatable bonds is 8. The molecule has 2 atom stereocenters. The Morgan fingerprint density at radius 2 is 1.98 bits per heavy atom. The predicted molar refractivity (Wildman–Crippen MR) is 168 cm³/mol. The molecule has 45 heavy (non-hydrogen) atoms. The Balaban J connectivity index is 1.49. The van der Waals surface area contributed by atoms with E-state index in [1.54, 1.807) is 32.6 Å². The van der Waals surface area contributed by atoms with Gasteiger partial charge in [-0.2, -0.15) is 0 Å². The Morgan fingerprint density at radius 3 is 2.71 bits per heavy atom. The second-order valence-corrected chi connectivity index (χ2v) is 11.6. The molecule has 6 heterocycles. The summed E-state index contributed by atoms with van der Waals surface area (Å²) in [5.41, 5.74) is 4.73. The number of aliphatic hydroxyl groups is 1. The molecular weight excluding hydrogens is 586 g/mol. The average molecular weight is 619 g/mol. The number of benzene rings is 1. The molecule has 0 spiro atoms. The fraction of sp³-hybridized carbons (Fsp3) is 0.355. The van der Waals surface area contributed by atoms with Crippen molar-refractivity contribution in [1.29, 1.82) is 0 Å². The third kappa shape index (κ3) is 4.46. The zero-order valence-corrected chi connectivity index (χ0v) is 24.7. The summed E-state index contributed by atoms with van der Waals surface area (Å²) in [5.74, 6) is -3.04. The number of aliphatic hydroxyl groups excluding tert-OH is 1. The molecule has 5 aromatic rings. The first-order valence-electron chi connectivity index (χ1n) is 14.8. The number of nitrogens with zero attached hydrogens (tertiary/aromatic N) is 5. The normalized spacial score (nSPS) is 18.4. The lowest BCUT2D eigenvalue weighted by atomic mass is 10.0. The van der Waals surface area contributed by atoms with Crippen molar-refractivity contribution >= 4 is 50.3 Å². The second kappa shape index (κ2) is 11.0. The summed E-state index contributed by atoms with van der Waals surface area (Å²) < 4.78 is 32.1. The fourth-order valence-electron chi connectivity index (χ4n) is 7.14. The number of fused-ring (bicyclic) bond motifs is 5. The van der Waals surface area contributed by atoms with Gasteiger partial charge in [-0.05, 0) is 31.4 Å². The molecule has 2 aliphatic heterocycles. The van der Waals surface area contributed by atoms with Crippen LogP contribution >= 0.6 is 0 Å². The smallest absolute Gasteiger partial charge is 0.341 e. The topological polar surface area (TPSA) is 152 Å². The zero-order valence-electron chi connectivity index (χ0n) is 24.7. The Labute approximate surface area is 255 Å². The van der Waals surface area contributed by atoms with E-state index in [0.29, 0.717) is 64.5 Å². The van der Waals surface area contributed by atoms with Crippen LogP contribution in [0.1, 0.15) is 23.2 Å². The summed E-state index contributed by atoms with van der Waals surface area (Å²) in [7, 11) is 3.21. The van der Waals surface area contributed by atoms with E-state index in [-0.39, 0.29) is 29.1 Å². The number of hydrogen-bond donors (Lipinski definition) is 5. The number of halogens is 2. The van der Waals surface area contributed by atoms with Crippen LogP contribution in [0.3, 0.4) is 0 Å². The van der Waals surface area contributed by atoms with Crippen LogP contribution in [0.5, 0.6) is 0 Å². The first-order chi connectivity index (χ1) is 21.7. The molecule has 2 saturated heterocycles. The molecule has 234 valence electrons. The highest BCUT2D eigenvalue weighted by molar-refractivity contribution is 6.18. The van der Waals surface area contributed by atoms with Gasteiger partial charge in [-0.3, -0.25) is 9.69 Å². The van der Waals surface area contributed by atoms with E-state index in [2.05, 4.69) is 35.5 Å². The summed E-state index contributed by atoms with van der Waals surface area (Å²) in [4.78, 5) is 42.1. The van der Waals surface area contributed by atoms with Crippen molar-refractivity contribution < 1.29 is 23.8 Å². The fourth-order valence-corrected chi connectivity index (χ4v) is 7.14. The van der Waals surface area contributed by atoms with Gasteiger partial charge < -0.3 is 30.8 Å². The molecule has 2 fully saturated rings. The molecule has 0 amide bonds. The van der Waals surface area contributed by atoms with Crippen LogP contribution in [0.4, 0.5) is 20.2 Å². The zero-order chi connectivity index (χ0) is 31.6. The number of aromatic amines is 1. The minimum Gasteiger partial charge on any atom is -0.477 e. The molecule has 0 aliphatic carbocycles. The van der Waals surface area contributed by atoms with E-state index < -0.39 is 28.6 Å². The number of aromatic carboxylic acids is 1. The lowest BCUT2D eigenvalue weighted by molar-refractivity contribution is 0.0695. The summed E-state index contributed by atoms with van der Waals surface area (Å²) >= 11 is 0. The first kappa shape index (κ1) is 28.9. The Bertz CT molecular complexity index is 2060. The molecule has 0 radical (unpaired) electrons. The molecule has 4 aromatic heterocycles. The third-order valence-corrected chi connectivity index (χ3v) is 9.24.